The fourth-order valence-corrected chi connectivity index (χ4v) is 2.11. The maximum absolute atomic E-state index is 11.6. The summed E-state index contributed by atoms with van der Waals surface area (Å²) in [7, 11) is 0. The molecular formula is C12H21N3O. The normalized spacial score (nSPS) is 19.6. The van der Waals surface area contributed by atoms with Crippen LogP contribution < -0.4 is 10.6 Å². The minimum Gasteiger partial charge on any atom is -0.336 e. The number of nitriles is 1. The van der Waals surface area contributed by atoms with Crippen LogP contribution in [0, 0.1) is 11.3 Å². The van der Waals surface area contributed by atoms with Gasteiger partial charge in [0.15, 0.2) is 0 Å². The topological polar surface area (TPSA) is 64.9 Å². The van der Waals surface area contributed by atoms with Crippen LogP contribution >= 0.6 is 0 Å². The van der Waals surface area contributed by atoms with E-state index in [2.05, 4.69) is 16.7 Å². The number of amides is 2. The van der Waals surface area contributed by atoms with Gasteiger partial charge in [0.05, 0.1) is 6.07 Å². The highest BCUT2D eigenvalue weighted by Gasteiger charge is 2.32. The van der Waals surface area contributed by atoms with Crippen molar-refractivity contribution in [3.8, 4) is 6.07 Å². The van der Waals surface area contributed by atoms with Crippen LogP contribution in [0.2, 0.25) is 0 Å². The van der Waals surface area contributed by atoms with Gasteiger partial charge >= 0.3 is 6.03 Å². The van der Waals surface area contributed by atoms with Crippen molar-refractivity contribution in [2.24, 2.45) is 0 Å². The van der Waals surface area contributed by atoms with E-state index in [1.807, 2.05) is 13.8 Å². The molecule has 90 valence electrons. The molecule has 0 aliphatic heterocycles. The Hall–Kier alpha value is -1.24. The van der Waals surface area contributed by atoms with Gasteiger partial charge in [0.25, 0.3) is 0 Å². The van der Waals surface area contributed by atoms with Crippen molar-refractivity contribution in [1.29, 1.82) is 5.26 Å². The second-order valence-corrected chi connectivity index (χ2v) is 4.86. The van der Waals surface area contributed by atoms with Crippen molar-refractivity contribution >= 4 is 6.03 Å². The average molecular weight is 223 g/mol. The minimum atomic E-state index is -0.643. The van der Waals surface area contributed by atoms with E-state index in [9.17, 15) is 10.1 Å². The molecule has 0 unspecified atom stereocenters. The summed E-state index contributed by atoms with van der Waals surface area (Å²) in [6.07, 6.45) is 5.92. The van der Waals surface area contributed by atoms with E-state index in [1.54, 1.807) is 0 Å². The molecule has 0 atom stereocenters. The first-order valence-electron chi connectivity index (χ1n) is 6.08. The van der Waals surface area contributed by atoms with Gasteiger partial charge in [-0.05, 0) is 26.7 Å². The summed E-state index contributed by atoms with van der Waals surface area (Å²) in [6.45, 7) is 3.82. The SMILES string of the molecule is CC(C)NC(=O)NC1(C#N)CCCCCC1. The van der Waals surface area contributed by atoms with Crippen molar-refractivity contribution in [3.05, 3.63) is 0 Å². The van der Waals surface area contributed by atoms with Gasteiger partial charge in [-0.15, -0.1) is 0 Å². The van der Waals surface area contributed by atoms with Crippen LogP contribution in [0.25, 0.3) is 0 Å². The van der Waals surface area contributed by atoms with Gasteiger partial charge in [0, 0.05) is 6.04 Å². The number of carbonyl (C=O) groups is 1. The number of urea groups is 1. The minimum absolute atomic E-state index is 0.0986. The summed E-state index contributed by atoms with van der Waals surface area (Å²) in [6, 6.07) is 2.16. The van der Waals surface area contributed by atoms with E-state index in [0.29, 0.717) is 0 Å². The first-order chi connectivity index (χ1) is 7.58. The van der Waals surface area contributed by atoms with Crippen LogP contribution in [0.5, 0.6) is 0 Å². The summed E-state index contributed by atoms with van der Waals surface area (Å²) in [5.41, 5.74) is -0.643. The van der Waals surface area contributed by atoms with Gasteiger partial charge in [-0.3, -0.25) is 0 Å². The number of rotatable bonds is 2. The Bertz CT molecular complexity index is 272. The van der Waals surface area contributed by atoms with Gasteiger partial charge in [-0.2, -0.15) is 5.26 Å². The molecule has 0 spiro atoms. The zero-order valence-electron chi connectivity index (χ0n) is 10.2. The maximum atomic E-state index is 11.6. The molecule has 2 N–H and O–H groups in total. The van der Waals surface area contributed by atoms with Crippen LogP contribution in [0.3, 0.4) is 0 Å². The smallest absolute Gasteiger partial charge is 0.316 e. The molecule has 1 aliphatic carbocycles. The molecular weight excluding hydrogens is 202 g/mol. The summed E-state index contributed by atoms with van der Waals surface area (Å²) < 4.78 is 0. The van der Waals surface area contributed by atoms with Gasteiger partial charge < -0.3 is 10.6 Å². The van der Waals surface area contributed by atoms with E-state index < -0.39 is 5.54 Å². The van der Waals surface area contributed by atoms with E-state index in [4.69, 9.17) is 0 Å². The molecule has 4 heteroatoms. The monoisotopic (exact) mass is 223 g/mol. The molecule has 1 fully saturated rings. The van der Waals surface area contributed by atoms with Crippen molar-refractivity contribution in [2.75, 3.05) is 0 Å². The highest BCUT2D eigenvalue weighted by molar-refractivity contribution is 5.75. The lowest BCUT2D eigenvalue weighted by atomic mass is 9.92. The van der Waals surface area contributed by atoms with Gasteiger partial charge in [0.2, 0.25) is 0 Å². The third-order valence-electron chi connectivity index (χ3n) is 2.94. The summed E-state index contributed by atoms with van der Waals surface area (Å²) in [4.78, 5) is 11.6. The van der Waals surface area contributed by atoms with Crippen LogP contribution in [0.1, 0.15) is 52.4 Å². The van der Waals surface area contributed by atoms with Crippen LogP contribution in [0.4, 0.5) is 4.79 Å². The Balaban J connectivity index is 2.58. The molecule has 0 aromatic carbocycles. The van der Waals surface area contributed by atoms with Crippen molar-refractivity contribution in [3.63, 3.8) is 0 Å². The van der Waals surface area contributed by atoms with Crippen molar-refractivity contribution in [2.45, 2.75) is 64.0 Å². The Morgan fingerprint density at radius 3 is 2.25 bits per heavy atom. The summed E-state index contributed by atoms with van der Waals surface area (Å²) in [5, 5.41) is 14.9. The van der Waals surface area contributed by atoms with Crippen molar-refractivity contribution in [1.82, 2.24) is 10.6 Å². The predicted octanol–water partition coefficient (Wildman–Crippen LogP) is 2.31. The van der Waals surface area contributed by atoms with E-state index >= 15 is 0 Å². The highest BCUT2D eigenvalue weighted by Crippen LogP contribution is 2.26. The lowest BCUT2D eigenvalue weighted by Gasteiger charge is -2.26. The van der Waals surface area contributed by atoms with Gasteiger partial charge in [0.1, 0.15) is 5.54 Å². The summed E-state index contributed by atoms with van der Waals surface area (Å²) in [5.74, 6) is 0. The van der Waals surface area contributed by atoms with Gasteiger partial charge in [-0.1, -0.05) is 25.7 Å². The largest absolute Gasteiger partial charge is 0.336 e. The molecule has 4 nitrogen and oxygen atoms in total. The number of carbonyl (C=O) groups excluding carboxylic acids is 1. The number of nitrogens with one attached hydrogen (secondary N) is 2. The third-order valence-corrected chi connectivity index (χ3v) is 2.94. The fourth-order valence-electron chi connectivity index (χ4n) is 2.11. The van der Waals surface area contributed by atoms with Crippen LogP contribution in [-0.4, -0.2) is 17.6 Å². The molecule has 0 aromatic heterocycles. The molecule has 0 aromatic rings. The van der Waals surface area contributed by atoms with Crippen LogP contribution in [-0.2, 0) is 0 Å². The molecule has 0 saturated heterocycles. The van der Waals surface area contributed by atoms with E-state index in [-0.39, 0.29) is 12.1 Å². The first-order valence-corrected chi connectivity index (χ1v) is 6.08. The Labute approximate surface area is 97.4 Å². The Morgan fingerprint density at radius 1 is 1.25 bits per heavy atom. The average Bonchev–Trinajstić information content (AvgIpc) is 2.43. The molecule has 1 aliphatic rings. The zero-order chi connectivity index (χ0) is 12.0. The fraction of sp³-hybridized carbons (Fsp3) is 0.833. The molecule has 0 bridgehead atoms. The quantitative estimate of drug-likeness (QED) is 0.705. The number of hydrogen-bond donors (Lipinski definition) is 2. The standard InChI is InChI=1S/C12H21N3O/c1-10(2)14-11(16)15-12(9-13)7-5-3-4-6-8-12/h10H,3-8H2,1-2H3,(H2,14,15,16). The van der Waals surface area contributed by atoms with E-state index in [1.165, 1.54) is 0 Å². The Morgan fingerprint density at radius 2 is 1.81 bits per heavy atom. The van der Waals surface area contributed by atoms with Crippen LogP contribution in [0.15, 0.2) is 0 Å². The molecule has 16 heavy (non-hydrogen) atoms. The second kappa shape index (κ2) is 5.74. The molecule has 2 amide bonds. The summed E-state index contributed by atoms with van der Waals surface area (Å²) >= 11 is 0. The highest BCUT2D eigenvalue weighted by atomic mass is 16.2. The van der Waals surface area contributed by atoms with Crippen molar-refractivity contribution < 1.29 is 4.79 Å². The molecule has 1 saturated carbocycles. The molecule has 0 heterocycles. The maximum Gasteiger partial charge on any atom is 0.316 e. The predicted molar refractivity (Wildman–Crippen MR) is 62.8 cm³/mol. The zero-order valence-corrected chi connectivity index (χ0v) is 10.2. The first kappa shape index (κ1) is 12.8. The Kier molecular flexibility index (Phi) is 4.60. The number of nitrogens with zero attached hydrogens (tertiary/aromatic N) is 1. The second-order valence-electron chi connectivity index (χ2n) is 4.86. The van der Waals surface area contributed by atoms with E-state index in [0.717, 1.165) is 38.5 Å². The molecule has 0 radical (unpaired) electrons. The lowest BCUT2D eigenvalue weighted by Crippen LogP contribution is -2.52. The lowest BCUT2D eigenvalue weighted by molar-refractivity contribution is 0.226. The molecule has 1 rings (SSSR count). The number of hydrogen-bond acceptors (Lipinski definition) is 2. The van der Waals surface area contributed by atoms with Gasteiger partial charge in [-0.25, -0.2) is 4.79 Å². The third kappa shape index (κ3) is 3.73.